The summed E-state index contributed by atoms with van der Waals surface area (Å²) in [7, 11) is 1.58. The minimum absolute atomic E-state index is 0.00255. The summed E-state index contributed by atoms with van der Waals surface area (Å²) < 4.78 is 27.7. The number of hydrogen-bond donors (Lipinski definition) is 3. The molecule has 1 amide bonds. The molecule has 1 aliphatic heterocycles. The first-order valence-corrected chi connectivity index (χ1v) is 13.1. The minimum Gasteiger partial charge on any atom is -0.493 e. The van der Waals surface area contributed by atoms with Crippen LogP contribution in [0, 0.1) is 20.8 Å². The number of nitrogens with zero attached hydrogens (tertiary/aromatic N) is 3. The molecule has 5 N–H and O–H groups in total. The number of carbonyl (C=O) groups excluding carboxylic acids is 1. The van der Waals surface area contributed by atoms with Crippen LogP contribution in [0.2, 0.25) is 0 Å². The lowest BCUT2D eigenvalue weighted by molar-refractivity contribution is -0.117. The molecule has 0 saturated carbocycles. The van der Waals surface area contributed by atoms with E-state index in [-0.39, 0.29) is 18.8 Å². The van der Waals surface area contributed by atoms with Crippen LogP contribution in [-0.2, 0) is 24.3 Å². The van der Waals surface area contributed by atoms with Gasteiger partial charge >= 0.3 is 5.69 Å². The van der Waals surface area contributed by atoms with E-state index >= 15 is 0 Å². The van der Waals surface area contributed by atoms with E-state index in [4.69, 9.17) is 25.9 Å². The highest BCUT2D eigenvalue weighted by molar-refractivity contribution is 5.92. The molecule has 0 radical (unpaired) electrons. The summed E-state index contributed by atoms with van der Waals surface area (Å²) in [5.74, 6) is -0.892. The number of ether oxygens (including phenoxy) is 2. The summed E-state index contributed by atoms with van der Waals surface area (Å²) in [6, 6.07) is 9.79. The van der Waals surface area contributed by atoms with Gasteiger partial charge in [0, 0.05) is 31.3 Å². The molecule has 2 heterocycles. The number of methoxy groups -OCH3 is 1. The van der Waals surface area contributed by atoms with Gasteiger partial charge in [0.2, 0.25) is 5.95 Å². The first-order valence-electron chi connectivity index (χ1n) is 13.1. The number of benzene rings is 2. The lowest BCUT2D eigenvalue weighted by atomic mass is 9.97. The fraction of sp³-hybridized carbons (Fsp3) is 0.345. The molecule has 0 spiro atoms. The van der Waals surface area contributed by atoms with Gasteiger partial charge in [0.05, 0.1) is 25.1 Å². The van der Waals surface area contributed by atoms with Crippen molar-refractivity contribution >= 4 is 11.6 Å². The molecule has 40 heavy (non-hydrogen) atoms. The van der Waals surface area contributed by atoms with E-state index in [9.17, 15) is 14.0 Å². The van der Waals surface area contributed by atoms with Crippen molar-refractivity contribution < 1.29 is 18.7 Å². The van der Waals surface area contributed by atoms with E-state index in [0.29, 0.717) is 42.3 Å². The Morgan fingerprint density at radius 1 is 1.10 bits per heavy atom. The SMILES string of the molecule is CCOc1cc2c(cc1OC)-c1c/c(=N\c3c(C)cc(C)cc3C)n(CCNC(=O)/C(N)=C(/N)F)c(=O)n1CC2. The second-order valence-electron chi connectivity index (χ2n) is 9.69. The van der Waals surface area contributed by atoms with Gasteiger partial charge in [-0.15, -0.1) is 0 Å². The van der Waals surface area contributed by atoms with Crippen LogP contribution in [-0.4, -0.2) is 35.3 Å². The molecule has 0 atom stereocenters. The molecule has 4 rings (SSSR count). The van der Waals surface area contributed by atoms with Crippen molar-refractivity contribution in [1.82, 2.24) is 14.5 Å². The van der Waals surface area contributed by atoms with Crippen LogP contribution in [0.4, 0.5) is 10.1 Å². The minimum atomic E-state index is -1.26. The van der Waals surface area contributed by atoms with Crippen LogP contribution in [0.1, 0.15) is 29.2 Å². The summed E-state index contributed by atoms with van der Waals surface area (Å²) in [6.45, 7) is 8.90. The average molecular weight is 551 g/mol. The van der Waals surface area contributed by atoms with Crippen molar-refractivity contribution in [3.8, 4) is 22.8 Å². The number of aryl methyl sites for hydroxylation is 4. The van der Waals surface area contributed by atoms with Gasteiger partial charge in [0.25, 0.3) is 5.91 Å². The molecule has 10 nitrogen and oxygen atoms in total. The van der Waals surface area contributed by atoms with Crippen molar-refractivity contribution in [3.05, 3.63) is 80.2 Å². The molecule has 212 valence electrons. The third-order valence-corrected chi connectivity index (χ3v) is 6.85. The van der Waals surface area contributed by atoms with Gasteiger partial charge in [-0.25, -0.2) is 9.79 Å². The van der Waals surface area contributed by atoms with Gasteiger partial charge in [0.15, 0.2) is 17.2 Å². The molecule has 0 aliphatic carbocycles. The molecule has 0 fully saturated rings. The Balaban J connectivity index is 1.89. The van der Waals surface area contributed by atoms with E-state index in [1.807, 2.05) is 58.0 Å². The van der Waals surface area contributed by atoms with E-state index in [1.54, 1.807) is 11.7 Å². The highest BCUT2D eigenvalue weighted by Gasteiger charge is 2.23. The van der Waals surface area contributed by atoms with Crippen LogP contribution in [0.15, 0.2) is 51.8 Å². The van der Waals surface area contributed by atoms with E-state index < -0.39 is 17.6 Å². The van der Waals surface area contributed by atoms with Gasteiger partial charge in [-0.05, 0) is 62.9 Å². The molecular weight excluding hydrogens is 515 g/mol. The van der Waals surface area contributed by atoms with Crippen LogP contribution in [0.25, 0.3) is 11.3 Å². The molecule has 3 aromatic rings. The standard InChI is InChI=1S/C29H35FN6O4/c1-6-40-23-13-19-7-9-35-21(20(19)14-22(23)39-5)15-24(34-26-17(3)11-16(2)12-18(26)4)36(29(35)38)10-8-33-28(37)25(31)27(30)32/h11-15H,6-10,31-32H2,1-5H3,(H,33,37)/b27-25-,34-24+. The molecule has 2 aromatic carbocycles. The number of aromatic nitrogens is 2. The average Bonchev–Trinajstić information content (AvgIpc) is 2.91. The molecule has 0 saturated heterocycles. The van der Waals surface area contributed by atoms with Crippen molar-refractivity contribution in [3.63, 3.8) is 0 Å². The van der Waals surface area contributed by atoms with Gasteiger partial charge in [-0.2, -0.15) is 4.39 Å². The monoisotopic (exact) mass is 550 g/mol. The van der Waals surface area contributed by atoms with Gasteiger partial charge in [-0.1, -0.05) is 17.7 Å². The smallest absolute Gasteiger partial charge is 0.330 e. The predicted molar refractivity (Wildman–Crippen MR) is 151 cm³/mol. The summed E-state index contributed by atoms with van der Waals surface area (Å²) in [6.07, 6.45) is 0.618. The molecule has 11 heteroatoms. The number of nitrogens with one attached hydrogen (secondary N) is 1. The first-order chi connectivity index (χ1) is 19.0. The second kappa shape index (κ2) is 11.7. The number of carbonyl (C=O) groups is 1. The fourth-order valence-electron chi connectivity index (χ4n) is 5.02. The number of rotatable bonds is 8. The van der Waals surface area contributed by atoms with Crippen molar-refractivity contribution in [1.29, 1.82) is 0 Å². The van der Waals surface area contributed by atoms with Gasteiger partial charge in [-0.3, -0.25) is 13.9 Å². The Bertz CT molecular complexity index is 1610. The topological polar surface area (TPSA) is 139 Å². The summed E-state index contributed by atoms with van der Waals surface area (Å²) in [5.41, 5.74) is 16.2. The maximum Gasteiger partial charge on any atom is 0.330 e. The lowest BCUT2D eigenvalue weighted by Crippen LogP contribution is -2.44. The lowest BCUT2D eigenvalue weighted by Gasteiger charge is -2.25. The molecule has 0 unspecified atom stereocenters. The predicted octanol–water partition coefficient (Wildman–Crippen LogP) is 2.61. The first kappa shape index (κ1) is 28.5. The Morgan fingerprint density at radius 2 is 1.80 bits per heavy atom. The van der Waals surface area contributed by atoms with Crippen LogP contribution < -0.4 is 37.4 Å². The quantitative estimate of drug-likeness (QED) is 0.291. The third-order valence-electron chi connectivity index (χ3n) is 6.85. The third kappa shape index (κ3) is 5.58. The number of hydrogen-bond acceptors (Lipinski definition) is 7. The fourth-order valence-corrected chi connectivity index (χ4v) is 5.02. The van der Waals surface area contributed by atoms with E-state index in [1.165, 1.54) is 4.57 Å². The number of fused-ring (bicyclic) bond motifs is 3. The Kier molecular flexibility index (Phi) is 8.32. The van der Waals surface area contributed by atoms with Gasteiger partial charge in [0.1, 0.15) is 5.49 Å². The number of halogens is 1. The van der Waals surface area contributed by atoms with Crippen molar-refractivity contribution in [2.24, 2.45) is 16.5 Å². The zero-order valence-electron chi connectivity index (χ0n) is 23.4. The zero-order chi connectivity index (χ0) is 29.1. The number of amides is 1. The zero-order valence-corrected chi connectivity index (χ0v) is 23.4. The summed E-state index contributed by atoms with van der Waals surface area (Å²) in [4.78, 5) is 30.9. The van der Waals surface area contributed by atoms with Crippen LogP contribution in [0.3, 0.4) is 0 Å². The second-order valence-corrected chi connectivity index (χ2v) is 9.69. The van der Waals surface area contributed by atoms with Crippen molar-refractivity contribution in [2.75, 3.05) is 20.3 Å². The Hall–Kier alpha value is -4.54. The summed E-state index contributed by atoms with van der Waals surface area (Å²) in [5, 5.41) is 2.51. The van der Waals surface area contributed by atoms with Crippen LogP contribution >= 0.6 is 0 Å². The van der Waals surface area contributed by atoms with Crippen LogP contribution in [0.5, 0.6) is 11.5 Å². The molecule has 1 aromatic heterocycles. The summed E-state index contributed by atoms with van der Waals surface area (Å²) >= 11 is 0. The highest BCUT2D eigenvalue weighted by atomic mass is 19.1. The Labute approximate surface area is 231 Å². The molecule has 1 aliphatic rings. The maximum absolute atomic E-state index is 13.9. The number of nitrogens with two attached hydrogens (primary N) is 2. The van der Waals surface area contributed by atoms with E-state index in [2.05, 4.69) is 5.32 Å². The molecular formula is C29H35FN6O4. The maximum atomic E-state index is 13.9. The Morgan fingerprint density at radius 3 is 2.42 bits per heavy atom. The van der Waals surface area contributed by atoms with E-state index in [0.717, 1.165) is 33.5 Å². The van der Waals surface area contributed by atoms with Crippen molar-refractivity contribution in [2.45, 2.75) is 47.2 Å². The normalized spacial score (nSPS) is 13.3. The molecule has 0 bridgehead atoms. The highest BCUT2D eigenvalue weighted by Crippen LogP contribution is 2.37. The van der Waals surface area contributed by atoms with Gasteiger partial charge < -0.3 is 26.3 Å². The largest absolute Gasteiger partial charge is 0.493 e.